The van der Waals surface area contributed by atoms with Crippen LogP contribution in [0.2, 0.25) is 5.02 Å². The van der Waals surface area contributed by atoms with E-state index >= 15 is 0 Å². The van der Waals surface area contributed by atoms with Crippen molar-refractivity contribution in [2.24, 2.45) is 0 Å². The highest BCUT2D eigenvalue weighted by molar-refractivity contribution is 6.32. The molecule has 0 aromatic heterocycles. The van der Waals surface area contributed by atoms with Crippen LogP contribution in [0.25, 0.3) is 0 Å². The number of halogens is 1. The van der Waals surface area contributed by atoms with Crippen molar-refractivity contribution >= 4 is 23.5 Å². The zero-order valence-corrected chi connectivity index (χ0v) is 16.0. The summed E-state index contributed by atoms with van der Waals surface area (Å²) in [4.78, 5) is 27.0. The number of rotatable bonds is 8. The first-order valence-corrected chi connectivity index (χ1v) is 9.16. The standard InChI is InChI=1S/C18H26ClN3O4/c1-3-20-17(23)12-22-8-6-21(7-9-22)11-14-4-5-16(15(19)10-14)26-13(2)18(24)25/h4-5,10,13H,3,6-9,11-12H2,1-2H3,(H,20,23)(H,24,25)/t13-/m0/s1. The molecule has 0 spiro atoms. The van der Waals surface area contributed by atoms with Crippen molar-refractivity contribution in [1.29, 1.82) is 0 Å². The molecule has 2 rings (SSSR count). The highest BCUT2D eigenvalue weighted by Crippen LogP contribution is 2.27. The first-order valence-electron chi connectivity index (χ1n) is 8.78. The van der Waals surface area contributed by atoms with E-state index in [0.29, 0.717) is 23.9 Å². The molecule has 26 heavy (non-hydrogen) atoms. The highest BCUT2D eigenvalue weighted by atomic mass is 35.5. The molecule has 1 fully saturated rings. The molecule has 0 aliphatic carbocycles. The van der Waals surface area contributed by atoms with Crippen LogP contribution < -0.4 is 10.1 Å². The Balaban J connectivity index is 1.83. The van der Waals surface area contributed by atoms with Gasteiger partial charge in [0.2, 0.25) is 5.91 Å². The molecule has 2 N–H and O–H groups in total. The normalized spacial score (nSPS) is 16.9. The largest absolute Gasteiger partial charge is 0.479 e. The van der Waals surface area contributed by atoms with Crippen molar-refractivity contribution in [1.82, 2.24) is 15.1 Å². The van der Waals surface area contributed by atoms with Crippen LogP contribution in [0.5, 0.6) is 5.75 Å². The Hall–Kier alpha value is -1.83. The number of nitrogens with one attached hydrogen (secondary N) is 1. The molecule has 1 amide bonds. The van der Waals surface area contributed by atoms with Crippen LogP contribution in [0.3, 0.4) is 0 Å². The maximum Gasteiger partial charge on any atom is 0.344 e. The Morgan fingerprint density at radius 1 is 1.27 bits per heavy atom. The first kappa shape index (κ1) is 20.5. The number of benzene rings is 1. The second-order valence-corrected chi connectivity index (χ2v) is 6.78. The molecule has 1 aliphatic heterocycles. The number of ether oxygens (including phenoxy) is 1. The molecule has 144 valence electrons. The van der Waals surface area contributed by atoms with Crippen molar-refractivity contribution in [3.05, 3.63) is 28.8 Å². The Morgan fingerprint density at radius 2 is 1.92 bits per heavy atom. The second-order valence-electron chi connectivity index (χ2n) is 6.37. The third-order valence-corrected chi connectivity index (χ3v) is 4.56. The van der Waals surface area contributed by atoms with Gasteiger partial charge in [-0.15, -0.1) is 0 Å². The van der Waals surface area contributed by atoms with Crippen molar-refractivity contribution in [3.63, 3.8) is 0 Å². The van der Waals surface area contributed by atoms with Crippen LogP contribution >= 0.6 is 11.6 Å². The molecule has 1 aromatic carbocycles. The number of carbonyl (C=O) groups excluding carboxylic acids is 1. The minimum absolute atomic E-state index is 0.0684. The summed E-state index contributed by atoms with van der Waals surface area (Å²) in [7, 11) is 0. The Morgan fingerprint density at radius 3 is 2.50 bits per heavy atom. The zero-order chi connectivity index (χ0) is 19.1. The van der Waals surface area contributed by atoms with E-state index in [2.05, 4.69) is 15.1 Å². The molecule has 0 unspecified atom stereocenters. The summed E-state index contributed by atoms with van der Waals surface area (Å²) in [5.74, 6) is -0.591. The van der Waals surface area contributed by atoms with Crippen LogP contribution in [0.15, 0.2) is 18.2 Å². The predicted molar refractivity (Wildman–Crippen MR) is 99.6 cm³/mol. The van der Waals surface area contributed by atoms with E-state index in [0.717, 1.165) is 38.3 Å². The van der Waals surface area contributed by atoms with Crippen LogP contribution in [0, 0.1) is 0 Å². The number of piperazine rings is 1. The molecule has 0 bridgehead atoms. The third-order valence-electron chi connectivity index (χ3n) is 4.26. The summed E-state index contributed by atoms with van der Waals surface area (Å²) in [6.07, 6.45) is -0.948. The minimum atomic E-state index is -1.03. The van der Waals surface area contributed by atoms with Crippen molar-refractivity contribution in [3.8, 4) is 5.75 Å². The van der Waals surface area contributed by atoms with E-state index in [9.17, 15) is 9.59 Å². The predicted octanol–water partition coefficient (Wildman–Crippen LogP) is 1.45. The van der Waals surface area contributed by atoms with Gasteiger partial charge < -0.3 is 15.2 Å². The monoisotopic (exact) mass is 383 g/mol. The van der Waals surface area contributed by atoms with E-state index in [1.807, 2.05) is 19.1 Å². The van der Waals surface area contributed by atoms with E-state index < -0.39 is 12.1 Å². The lowest BCUT2D eigenvalue weighted by Crippen LogP contribution is -2.49. The van der Waals surface area contributed by atoms with Gasteiger partial charge in [-0.1, -0.05) is 17.7 Å². The summed E-state index contributed by atoms with van der Waals surface area (Å²) in [5.41, 5.74) is 1.04. The summed E-state index contributed by atoms with van der Waals surface area (Å²) < 4.78 is 5.33. The van der Waals surface area contributed by atoms with Crippen molar-refractivity contribution in [2.75, 3.05) is 39.3 Å². The van der Waals surface area contributed by atoms with Gasteiger partial charge >= 0.3 is 5.97 Å². The number of aliphatic carboxylic acids is 1. The Labute approximate surface area is 158 Å². The van der Waals surface area contributed by atoms with Gasteiger partial charge in [-0.3, -0.25) is 14.6 Å². The molecule has 0 saturated carbocycles. The molecule has 1 atom stereocenters. The molecule has 7 nitrogen and oxygen atoms in total. The number of carboxylic acids is 1. The molecule has 0 radical (unpaired) electrons. The lowest BCUT2D eigenvalue weighted by molar-refractivity contribution is -0.144. The molecular weight excluding hydrogens is 358 g/mol. The molecule has 1 heterocycles. The smallest absolute Gasteiger partial charge is 0.344 e. The molecule has 1 saturated heterocycles. The van der Waals surface area contributed by atoms with Gasteiger partial charge in [0, 0.05) is 39.3 Å². The lowest BCUT2D eigenvalue weighted by Gasteiger charge is -2.34. The Kier molecular flexibility index (Phi) is 7.68. The average Bonchev–Trinajstić information content (AvgIpc) is 2.59. The second kappa shape index (κ2) is 9.75. The number of likely N-dealkylation sites (N-methyl/N-ethyl adjacent to an activating group) is 1. The van der Waals surface area contributed by atoms with Crippen LogP contribution in [-0.2, 0) is 16.1 Å². The number of carboxylic acid groups (broad SMARTS) is 1. The topological polar surface area (TPSA) is 82.1 Å². The summed E-state index contributed by atoms with van der Waals surface area (Å²) in [6, 6.07) is 5.42. The number of nitrogens with zero attached hydrogens (tertiary/aromatic N) is 2. The van der Waals surface area contributed by atoms with Gasteiger partial charge in [0.25, 0.3) is 0 Å². The molecule has 1 aromatic rings. The van der Waals surface area contributed by atoms with Gasteiger partial charge in [0.1, 0.15) is 5.75 Å². The average molecular weight is 384 g/mol. The summed E-state index contributed by atoms with van der Waals surface area (Å²) >= 11 is 6.22. The molecule has 1 aliphatic rings. The number of hydrogen-bond donors (Lipinski definition) is 2. The van der Waals surface area contributed by atoms with Crippen LogP contribution in [0.4, 0.5) is 0 Å². The fourth-order valence-electron chi connectivity index (χ4n) is 2.80. The Bertz CT molecular complexity index is 633. The zero-order valence-electron chi connectivity index (χ0n) is 15.2. The van der Waals surface area contributed by atoms with E-state index in [-0.39, 0.29) is 5.91 Å². The van der Waals surface area contributed by atoms with Crippen LogP contribution in [-0.4, -0.2) is 72.2 Å². The van der Waals surface area contributed by atoms with E-state index in [1.165, 1.54) is 6.92 Å². The highest BCUT2D eigenvalue weighted by Gasteiger charge is 2.19. The molecular formula is C18H26ClN3O4. The number of amides is 1. The fraction of sp³-hybridized carbons (Fsp3) is 0.556. The number of hydrogen-bond acceptors (Lipinski definition) is 5. The minimum Gasteiger partial charge on any atom is -0.479 e. The van der Waals surface area contributed by atoms with Crippen molar-refractivity contribution in [2.45, 2.75) is 26.5 Å². The quantitative estimate of drug-likeness (QED) is 0.707. The van der Waals surface area contributed by atoms with Gasteiger partial charge in [-0.25, -0.2) is 4.79 Å². The SMILES string of the molecule is CCNC(=O)CN1CCN(Cc2ccc(O[C@@H](C)C(=O)O)c(Cl)c2)CC1. The summed E-state index contributed by atoms with van der Waals surface area (Å²) in [5, 5.41) is 12.1. The van der Waals surface area contributed by atoms with E-state index in [1.54, 1.807) is 6.07 Å². The third kappa shape index (κ3) is 6.16. The maximum atomic E-state index is 11.6. The lowest BCUT2D eigenvalue weighted by atomic mass is 10.2. The maximum absolute atomic E-state index is 11.6. The first-order chi connectivity index (χ1) is 12.4. The van der Waals surface area contributed by atoms with Gasteiger partial charge in [-0.05, 0) is 31.5 Å². The van der Waals surface area contributed by atoms with Crippen molar-refractivity contribution < 1.29 is 19.4 Å². The van der Waals surface area contributed by atoms with Gasteiger partial charge in [0.15, 0.2) is 6.10 Å². The fourth-order valence-corrected chi connectivity index (χ4v) is 3.05. The number of carbonyl (C=O) groups is 2. The summed E-state index contributed by atoms with van der Waals surface area (Å²) in [6.45, 7) is 8.70. The van der Waals surface area contributed by atoms with E-state index in [4.69, 9.17) is 21.4 Å². The van der Waals surface area contributed by atoms with Crippen LogP contribution in [0.1, 0.15) is 19.4 Å². The molecule has 8 heteroatoms. The van der Waals surface area contributed by atoms with Gasteiger partial charge in [-0.2, -0.15) is 0 Å². The van der Waals surface area contributed by atoms with Gasteiger partial charge in [0.05, 0.1) is 11.6 Å².